The highest BCUT2D eigenvalue weighted by molar-refractivity contribution is 6.30. The van der Waals surface area contributed by atoms with E-state index in [9.17, 15) is 0 Å². The number of fused-ring (bicyclic) bond motifs is 1. The van der Waals surface area contributed by atoms with Gasteiger partial charge in [0.25, 0.3) is 0 Å². The summed E-state index contributed by atoms with van der Waals surface area (Å²) >= 11 is 6.11. The zero-order valence-electron chi connectivity index (χ0n) is 12.5. The second kappa shape index (κ2) is 6.05. The van der Waals surface area contributed by atoms with Crippen molar-refractivity contribution in [3.05, 3.63) is 34.9 Å². The molecule has 4 unspecified atom stereocenters. The Kier molecular flexibility index (Phi) is 4.34. The number of benzene rings is 1. The van der Waals surface area contributed by atoms with E-state index >= 15 is 0 Å². The molecule has 2 fully saturated rings. The molecule has 0 amide bonds. The summed E-state index contributed by atoms with van der Waals surface area (Å²) in [5, 5.41) is 4.57. The van der Waals surface area contributed by atoms with Crippen LogP contribution in [0.15, 0.2) is 24.3 Å². The van der Waals surface area contributed by atoms with Crippen LogP contribution >= 0.6 is 11.6 Å². The summed E-state index contributed by atoms with van der Waals surface area (Å²) in [7, 11) is 2.23. The average molecular weight is 293 g/mol. The van der Waals surface area contributed by atoms with Gasteiger partial charge in [0.15, 0.2) is 0 Å². The van der Waals surface area contributed by atoms with Crippen LogP contribution in [0.1, 0.15) is 37.8 Å². The molecule has 1 aliphatic carbocycles. The van der Waals surface area contributed by atoms with E-state index in [0.29, 0.717) is 12.1 Å². The van der Waals surface area contributed by atoms with E-state index in [1.54, 1.807) is 0 Å². The van der Waals surface area contributed by atoms with E-state index in [1.807, 2.05) is 12.1 Å². The number of likely N-dealkylation sites (N-methyl/N-ethyl adjacent to an activating group) is 1. The first-order valence-electron chi connectivity index (χ1n) is 7.84. The Hall–Kier alpha value is -0.570. The van der Waals surface area contributed by atoms with E-state index in [1.165, 1.54) is 31.4 Å². The molecule has 1 heterocycles. The average Bonchev–Trinajstić information content (AvgIpc) is 3.03. The molecule has 3 rings (SSSR count). The van der Waals surface area contributed by atoms with Gasteiger partial charge in [-0.2, -0.15) is 0 Å². The third-order valence-electron chi connectivity index (χ3n) is 5.35. The van der Waals surface area contributed by atoms with Crippen molar-refractivity contribution in [1.29, 1.82) is 0 Å². The molecule has 20 heavy (non-hydrogen) atoms. The third kappa shape index (κ3) is 2.88. The normalized spacial score (nSPS) is 30.7. The zero-order chi connectivity index (χ0) is 14.1. The van der Waals surface area contributed by atoms with E-state index < -0.39 is 0 Å². The fourth-order valence-electron chi connectivity index (χ4n) is 3.99. The van der Waals surface area contributed by atoms with Crippen molar-refractivity contribution >= 4 is 11.6 Å². The van der Waals surface area contributed by atoms with Crippen LogP contribution in [0.2, 0.25) is 5.02 Å². The van der Waals surface area contributed by atoms with Gasteiger partial charge in [-0.25, -0.2) is 0 Å². The van der Waals surface area contributed by atoms with Crippen LogP contribution < -0.4 is 5.32 Å². The standard InChI is InChI=1S/C17H25ClN2/c1-12(13-5-3-7-15(18)9-13)20(2)11-17-16-8-4-6-14(16)10-19-17/h3,5,7,9,12,14,16-17,19H,4,6,8,10-11H2,1-2H3. The maximum atomic E-state index is 6.11. The summed E-state index contributed by atoms with van der Waals surface area (Å²) in [6.45, 7) is 4.64. The quantitative estimate of drug-likeness (QED) is 0.910. The highest BCUT2D eigenvalue weighted by Crippen LogP contribution is 2.38. The lowest BCUT2D eigenvalue weighted by molar-refractivity contribution is 0.216. The molecule has 1 aliphatic heterocycles. The second-order valence-electron chi connectivity index (χ2n) is 6.54. The van der Waals surface area contributed by atoms with Gasteiger partial charge < -0.3 is 5.32 Å². The molecular formula is C17H25ClN2. The van der Waals surface area contributed by atoms with Gasteiger partial charge >= 0.3 is 0 Å². The summed E-state index contributed by atoms with van der Waals surface area (Å²) in [4.78, 5) is 2.46. The smallest absolute Gasteiger partial charge is 0.0409 e. The van der Waals surface area contributed by atoms with Crippen molar-refractivity contribution in [2.24, 2.45) is 11.8 Å². The van der Waals surface area contributed by atoms with Gasteiger partial charge in [0.1, 0.15) is 0 Å². The van der Waals surface area contributed by atoms with E-state index in [0.717, 1.165) is 23.4 Å². The van der Waals surface area contributed by atoms with Crippen molar-refractivity contribution in [3.63, 3.8) is 0 Å². The van der Waals surface area contributed by atoms with Gasteiger partial charge in [-0.05, 0) is 62.9 Å². The third-order valence-corrected chi connectivity index (χ3v) is 5.59. The molecule has 2 aliphatic rings. The number of hydrogen-bond acceptors (Lipinski definition) is 2. The Morgan fingerprint density at radius 3 is 3.05 bits per heavy atom. The number of nitrogens with one attached hydrogen (secondary N) is 1. The Bertz CT molecular complexity index is 462. The summed E-state index contributed by atoms with van der Waals surface area (Å²) < 4.78 is 0. The summed E-state index contributed by atoms with van der Waals surface area (Å²) in [6.07, 6.45) is 4.28. The van der Waals surface area contributed by atoms with Crippen molar-refractivity contribution in [2.45, 2.75) is 38.3 Å². The second-order valence-corrected chi connectivity index (χ2v) is 6.98. The van der Waals surface area contributed by atoms with Crippen molar-refractivity contribution in [1.82, 2.24) is 10.2 Å². The maximum Gasteiger partial charge on any atom is 0.0409 e. The van der Waals surface area contributed by atoms with E-state index in [2.05, 4.69) is 36.3 Å². The molecule has 1 saturated carbocycles. The SMILES string of the molecule is CC(c1cccc(Cl)c1)N(C)CC1NCC2CCCC21. The molecule has 4 atom stereocenters. The van der Waals surface area contributed by atoms with Gasteiger partial charge in [-0.1, -0.05) is 30.2 Å². The molecule has 0 spiro atoms. The number of rotatable bonds is 4. The summed E-state index contributed by atoms with van der Waals surface area (Å²) in [6, 6.07) is 9.34. The minimum absolute atomic E-state index is 0.413. The molecule has 2 nitrogen and oxygen atoms in total. The topological polar surface area (TPSA) is 15.3 Å². The van der Waals surface area contributed by atoms with Crippen molar-refractivity contribution < 1.29 is 0 Å². The molecule has 110 valence electrons. The summed E-state index contributed by atoms with van der Waals surface area (Å²) in [5.74, 6) is 1.85. The Morgan fingerprint density at radius 2 is 2.25 bits per heavy atom. The van der Waals surface area contributed by atoms with Gasteiger partial charge in [0, 0.05) is 23.7 Å². The number of hydrogen-bond donors (Lipinski definition) is 1. The molecule has 0 radical (unpaired) electrons. The lowest BCUT2D eigenvalue weighted by Crippen LogP contribution is -2.39. The van der Waals surface area contributed by atoms with Gasteiger partial charge in [0.05, 0.1) is 0 Å². The lowest BCUT2D eigenvalue weighted by atomic mass is 9.93. The lowest BCUT2D eigenvalue weighted by Gasteiger charge is -2.30. The first-order valence-corrected chi connectivity index (χ1v) is 8.22. The first kappa shape index (κ1) is 14.4. The molecular weight excluding hydrogens is 268 g/mol. The maximum absolute atomic E-state index is 6.11. The highest BCUT2D eigenvalue weighted by Gasteiger charge is 2.39. The molecule has 0 bridgehead atoms. The molecule has 1 N–H and O–H groups in total. The molecule has 1 aromatic carbocycles. The van der Waals surface area contributed by atoms with Crippen LogP contribution in [-0.4, -0.2) is 31.1 Å². The van der Waals surface area contributed by atoms with Crippen LogP contribution in [-0.2, 0) is 0 Å². The molecule has 1 saturated heterocycles. The number of halogens is 1. The predicted molar refractivity (Wildman–Crippen MR) is 85.1 cm³/mol. The fourth-order valence-corrected chi connectivity index (χ4v) is 4.19. The zero-order valence-corrected chi connectivity index (χ0v) is 13.2. The van der Waals surface area contributed by atoms with E-state index in [-0.39, 0.29) is 0 Å². The highest BCUT2D eigenvalue weighted by atomic mass is 35.5. The Balaban J connectivity index is 1.62. The van der Waals surface area contributed by atoms with Crippen LogP contribution in [0, 0.1) is 11.8 Å². The predicted octanol–water partition coefficient (Wildman–Crippen LogP) is 3.72. The molecule has 0 aromatic heterocycles. The Labute approximate surface area is 127 Å². The summed E-state index contributed by atoms with van der Waals surface area (Å²) in [5.41, 5.74) is 1.31. The van der Waals surface area contributed by atoms with Crippen LogP contribution in [0.5, 0.6) is 0 Å². The van der Waals surface area contributed by atoms with Crippen LogP contribution in [0.3, 0.4) is 0 Å². The van der Waals surface area contributed by atoms with Crippen molar-refractivity contribution in [3.8, 4) is 0 Å². The van der Waals surface area contributed by atoms with E-state index in [4.69, 9.17) is 11.6 Å². The van der Waals surface area contributed by atoms with Gasteiger partial charge in [-0.3, -0.25) is 4.90 Å². The number of nitrogens with zero attached hydrogens (tertiary/aromatic N) is 1. The van der Waals surface area contributed by atoms with Crippen LogP contribution in [0.25, 0.3) is 0 Å². The molecule has 3 heteroatoms. The van der Waals surface area contributed by atoms with Crippen LogP contribution in [0.4, 0.5) is 0 Å². The minimum Gasteiger partial charge on any atom is -0.312 e. The minimum atomic E-state index is 0.413. The first-order chi connectivity index (χ1) is 9.65. The van der Waals surface area contributed by atoms with Gasteiger partial charge in [0.2, 0.25) is 0 Å². The van der Waals surface area contributed by atoms with Gasteiger partial charge in [-0.15, -0.1) is 0 Å². The largest absolute Gasteiger partial charge is 0.312 e. The molecule has 1 aromatic rings. The van der Waals surface area contributed by atoms with Crippen molar-refractivity contribution in [2.75, 3.05) is 20.1 Å². The monoisotopic (exact) mass is 292 g/mol. The Morgan fingerprint density at radius 1 is 1.40 bits per heavy atom. The fraction of sp³-hybridized carbons (Fsp3) is 0.647.